The molecule has 1 amide bonds. The zero-order valence-electron chi connectivity index (χ0n) is 19.4. The number of amides is 1. The van der Waals surface area contributed by atoms with Crippen molar-refractivity contribution in [2.45, 2.75) is 12.3 Å². The van der Waals surface area contributed by atoms with Crippen LogP contribution in [0.4, 0.5) is 5.69 Å². The molecule has 0 unspecified atom stereocenters. The summed E-state index contributed by atoms with van der Waals surface area (Å²) in [4.78, 5) is 29.3. The Morgan fingerprint density at radius 1 is 1.08 bits per heavy atom. The first kappa shape index (κ1) is 23.8. The molecule has 1 aromatic heterocycles. The molecule has 0 spiro atoms. The summed E-state index contributed by atoms with van der Waals surface area (Å²) in [6, 6.07) is 19.4. The Kier molecular flexibility index (Phi) is 6.88. The van der Waals surface area contributed by atoms with Gasteiger partial charge in [0.25, 0.3) is 5.69 Å². The van der Waals surface area contributed by atoms with Crippen LogP contribution in [0.2, 0.25) is 5.02 Å². The van der Waals surface area contributed by atoms with Crippen LogP contribution in [-0.2, 0) is 9.53 Å². The van der Waals surface area contributed by atoms with E-state index in [2.05, 4.69) is 4.98 Å². The third kappa shape index (κ3) is 5.19. The maximum atomic E-state index is 13.3. The predicted molar refractivity (Wildman–Crippen MR) is 137 cm³/mol. The number of fused-ring (bicyclic) bond motifs is 1. The van der Waals surface area contributed by atoms with Gasteiger partial charge in [0.15, 0.2) is 0 Å². The largest absolute Gasteiger partial charge is 0.457 e. The van der Waals surface area contributed by atoms with Crippen molar-refractivity contribution in [3.05, 3.63) is 99.2 Å². The molecule has 1 N–H and O–H groups in total. The number of non-ortho nitro benzene ring substituents is 1. The fourth-order valence-electron chi connectivity index (χ4n) is 4.49. The summed E-state index contributed by atoms with van der Waals surface area (Å²) in [5.41, 5.74) is 2.46. The van der Waals surface area contributed by atoms with E-state index in [0.29, 0.717) is 48.2 Å². The molecular formula is C27H24ClN3O5. The molecule has 3 aromatic carbocycles. The maximum absolute atomic E-state index is 13.3. The van der Waals surface area contributed by atoms with E-state index < -0.39 is 4.92 Å². The average molecular weight is 506 g/mol. The van der Waals surface area contributed by atoms with Gasteiger partial charge in [-0.25, -0.2) is 0 Å². The minimum absolute atomic E-state index is 0.00132. The van der Waals surface area contributed by atoms with E-state index >= 15 is 0 Å². The normalized spacial score (nSPS) is 14.5. The number of nitrogens with one attached hydrogen (secondary N) is 1. The van der Waals surface area contributed by atoms with Gasteiger partial charge in [-0.05, 0) is 53.6 Å². The molecule has 1 aliphatic rings. The second kappa shape index (κ2) is 10.4. The second-order valence-electron chi connectivity index (χ2n) is 8.61. The van der Waals surface area contributed by atoms with Gasteiger partial charge < -0.3 is 19.4 Å². The molecule has 9 heteroatoms. The van der Waals surface area contributed by atoms with Gasteiger partial charge in [0.2, 0.25) is 5.91 Å². The van der Waals surface area contributed by atoms with Crippen LogP contribution in [0.15, 0.2) is 72.9 Å². The van der Waals surface area contributed by atoms with Gasteiger partial charge in [0.05, 0.1) is 18.1 Å². The molecule has 1 aliphatic heterocycles. The van der Waals surface area contributed by atoms with Crippen molar-refractivity contribution >= 4 is 34.1 Å². The Bertz CT molecular complexity index is 1400. The number of ether oxygens (including phenoxy) is 2. The first-order valence-corrected chi connectivity index (χ1v) is 12.0. The van der Waals surface area contributed by atoms with Crippen molar-refractivity contribution in [3.63, 3.8) is 0 Å². The summed E-state index contributed by atoms with van der Waals surface area (Å²) in [7, 11) is 0. The first-order valence-electron chi connectivity index (χ1n) is 11.6. The highest BCUT2D eigenvalue weighted by Gasteiger charge is 2.26. The van der Waals surface area contributed by atoms with E-state index in [1.807, 2.05) is 35.4 Å². The van der Waals surface area contributed by atoms with Crippen molar-refractivity contribution in [2.24, 2.45) is 0 Å². The topological polar surface area (TPSA) is 97.7 Å². The molecule has 0 aliphatic carbocycles. The third-order valence-corrected chi connectivity index (χ3v) is 6.59. The number of hydrogen-bond donors (Lipinski definition) is 1. The Labute approximate surface area is 212 Å². The number of H-pyrrole nitrogens is 1. The molecule has 0 radical (unpaired) electrons. The summed E-state index contributed by atoms with van der Waals surface area (Å²) in [5, 5.41) is 12.8. The van der Waals surface area contributed by atoms with Crippen LogP contribution < -0.4 is 4.74 Å². The minimum atomic E-state index is -0.412. The van der Waals surface area contributed by atoms with Gasteiger partial charge in [-0.3, -0.25) is 14.9 Å². The van der Waals surface area contributed by atoms with Crippen LogP contribution >= 0.6 is 11.6 Å². The van der Waals surface area contributed by atoms with Crippen molar-refractivity contribution in [3.8, 4) is 11.5 Å². The van der Waals surface area contributed by atoms with E-state index in [1.165, 1.54) is 6.07 Å². The van der Waals surface area contributed by atoms with Crippen LogP contribution in [0.1, 0.15) is 23.5 Å². The number of nitro benzene ring substituents is 1. The number of benzene rings is 3. The molecule has 1 saturated heterocycles. The number of rotatable bonds is 7. The number of nitro groups is 1. The van der Waals surface area contributed by atoms with Gasteiger partial charge in [0, 0.05) is 59.7 Å². The van der Waals surface area contributed by atoms with E-state index in [0.717, 1.165) is 16.6 Å². The molecule has 0 saturated carbocycles. The molecule has 5 rings (SSSR count). The molecule has 1 atom stereocenters. The van der Waals surface area contributed by atoms with Crippen molar-refractivity contribution in [1.82, 2.24) is 9.88 Å². The van der Waals surface area contributed by atoms with Crippen LogP contribution in [0, 0.1) is 10.1 Å². The summed E-state index contributed by atoms with van der Waals surface area (Å²) < 4.78 is 11.4. The number of halogens is 1. The quantitative estimate of drug-likeness (QED) is 0.249. The van der Waals surface area contributed by atoms with Crippen LogP contribution in [0.3, 0.4) is 0 Å². The summed E-state index contributed by atoms with van der Waals surface area (Å²) in [6.45, 7) is 2.12. The predicted octanol–water partition coefficient (Wildman–Crippen LogP) is 5.90. The molecule has 2 heterocycles. The summed E-state index contributed by atoms with van der Waals surface area (Å²) >= 11 is 5.98. The zero-order chi connectivity index (χ0) is 25.1. The average Bonchev–Trinajstić information content (AvgIpc) is 3.32. The minimum Gasteiger partial charge on any atom is -0.457 e. The van der Waals surface area contributed by atoms with E-state index in [4.69, 9.17) is 21.1 Å². The molecule has 1 fully saturated rings. The standard InChI is InChI=1S/C27H24ClN3O5/c28-19-4-7-21(8-5-19)36-22-3-1-2-18(14-22)23(16-27(32)30-10-12-35-13-11-30)25-17-29-26-9-6-20(31(33)34)15-24(25)26/h1-9,14-15,17,23,29H,10-13,16H2/t23-/m1/s1. The van der Waals surface area contributed by atoms with Crippen molar-refractivity contribution < 1.29 is 19.2 Å². The Hall–Kier alpha value is -3.88. The van der Waals surface area contributed by atoms with E-state index in [9.17, 15) is 14.9 Å². The third-order valence-electron chi connectivity index (χ3n) is 6.34. The van der Waals surface area contributed by atoms with E-state index in [-0.39, 0.29) is 23.9 Å². The number of hydrogen-bond acceptors (Lipinski definition) is 5. The lowest BCUT2D eigenvalue weighted by molar-refractivity contribution is -0.384. The number of nitrogens with zero attached hydrogens (tertiary/aromatic N) is 2. The fraction of sp³-hybridized carbons (Fsp3) is 0.222. The van der Waals surface area contributed by atoms with E-state index in [1.54, 1.807) is 36.4 Å². The van der Waals surface area contributed by atoms with Gasteiger partial charge in [-0.2, -0.15) is 0 Å². The second-order valence-corrected chi connectivity index (χ2v) is 9.05. The van der Waals surface area contributed by atoms with Crippen LogP contribution in [0.5, 0.6) is 11.5 Å². The number of aromatic amines is 1. The summed E-state index contributed by atoms with van der Waals surface area (Å²) in [6.07, 6.45) is 2.04. The number of carbonyl (C=O) groups is 1. The maximum Gasteiger partial charge on any atom is 0.270 e. The SMILES string of the molecule is O=C(C[C@H](c1cccc(Oc2ccc(Cl)cc2)c1)c1c[nH]c2ccc([N+](=O)[O-])cc12)N1CCOCC1. The summed E-state index contributed by atoms with van der Waals surface area (Å²) in [5.74, 6) is 0.918. The Balaban J connectivity index is 1.53. The number of morpholine rings is 1. The highest BCUT2D eigenvalue weighted by molar-refractivity contribution is 6.30. The lowest BCUT2D eigenvalue weighted by atomic mass is 9.87. The van der Waals surface area contributed by atoms with Gasteiger partial charge in [-0.1, -0.05) is 23.7 Å². The zero-order valence-corrected chi connectivity index (χ0v) is 20.1. The fourth-order valence-corrected chi connectivity index (χ4v) is 4.62. The molecule has 0 bridgehead atoms. The molecular weight excluding hydrogens is 482 g/mol. The van der Waals surface area contributed by atoms with Crippen molar-refractivity contribution in [1.29, 1.82) is 0 Å². The lowest BCUT2D eigenvalue weighted by Gasteiger charge is -2.28. The lowest BCUT2D eigenvalue weighted by Crippen LogP contribution is -2.41. The highest BCUT2D eigenvalue weighted by Crippen LogP contribution is 2.37. The van der Waals surface area contributed by atoms with Gasteiger partial charge >= 0.3 is 0 Å². The number of carbonyl (C=O) groups excluding carboxylic acids is 1. The molecule has 8 nitrogen and oxygen atoms in total. The molecule has 4 aromatic rings. The first-order chi connectivity index (χ1) is 17.5. The van der Waals surface area contributed by atoms with Gasteiger partial charge in [-0.15, -0.1) is 0 Å². The molecule has 36 heavy (non-hydrogen) atoms. The highest BCUT2D eigenvalue weighted by atomic mass is 35.5. The Morgan fingerprint density at radius 3 is 2.61 bits per heavy atom. The monoisotopic (exact) mass is 505 g/mol. The Morgan fingerprint density at radius 2 is 1.86 bits per heavy atom. The smallest absolute Gasteiger partial charge is 0.270 e. The van der Waals surface area contributed by atoms with Gasteiger partial charge in [0.1, 0.15) is 11.5 Å². The number of aromatic nitrogens is 1. The van der Waals surface area contributed by atoms with Crippen LogP contribution in [0.25, 0.3) is 10.9 Å². The van der Waals surface area contributed by atoms with Crippen molar-refractivity contribution in [2.75, 3.05) is 26.3 Å². The van der Waals surface area contributed by atoms with Crippen LogP contribution in [-0.4, -0.2) is 47.0 Å². The molecule has 184 valence electrons.